The average molecular weight is 821 g/mol. The molecule has 4 aliphatic rings. The topological polar surface area (TPSA) is 150 Å². The number of carbonyl (C=O) groups excluding carboxylic acids is 2. The van der Waals surface area contributed by atoms with Gasteiger partial charge in [0.1, 0.15) is 34.3 Å². The fourth-order valence-corrected chi connectivity index (χ4v) is 9.36. The van der Waals surface area contributed by atoms with E-state index in [1.54, 1.807) is 13.0 Å². The number of rotatable bonds is 11. The Morgan fingerprint density at radius 1 is 0.983 bits per heavy atom. The summed E-state index contributed by atoms with van der Waals surface area (Å²) in [6, 6.07) is 13.8. The molecular weight excluding hydrogens is 771 g/mol. The van der Waals surface area contributed by atoms with E-state index in [4.69, 9.17) is 14.5 Å². The number of phenolic OH excluding ortho intramolecular Hbond substituents is 1. The second-order valence-electron chi connectivity index (χ2n) is 17.5. The second kappa shape index (κ2) is 15.9. The van der Waals surface area contributed by atoms with Gasteiger partial charge in [0.2, 0.25) is 5.91 Å². The number of aliphatic hydroxyl groups is 1. The van der Waals surface area contributed by atoms with Crippen LogP contribution in [0.4, 0.5) is 14.6 Å². The van der Waals surface area contributed by atoms with Crippen molar-refractivity contribution in [2.75, 3.05) is 44.2 Å². The molecule has 5 aromatic rings. The second-order valence-corrected chi connectivity index (χ2v) is 17.5. The molecule has 0 spiro atoms. The van der Waals surface area contributed by atoms with Gasteiger partial charge in [0, 0.05) is 49.7 Å². The molecule has 60 heavy (non-hydrogen) atoms. The lowest BCUT2D eigenvalue weighted by atomic mass is 9.89. The molecular formula is C46H50F2N6O6. The lowest BCUT2D eigenvalue weighted by Crippen LogP contribution is -2.46. The molecule has 9 rings (SSSR count). The molecule has 314 valence electrons. The molecule has 0 bridgehead atoms. The number of fused-ring (bicyclic) bond motifs is 2. The molecule has 3 saturated heterocycles. The van der Waals surface area contributed by atoms with Gasteiger partial charge in [0.15, 0.2) is 11.9 Å². The van der Waals surface area contributed by atoms with Gasteiger partial charge in [-0.3, -0.25) is 19.9 Å². The normalized spacial score (nSPS) is 22.3. The van der Waals surface area contributed by atoms with E-state index >= 15 is 8.78 Å². The lowest BCUT2D eigenvalue weighted by molar-refractivity contribution is -0.138. The van der Waals surface area contributed by atoms with Crippen LogP contribution in [-0.4, -0.2) is 92.9 Å². The molecule has 5 heterocycles. The van der Waals surface area contributed by atoms with Crippen molar-refractivity contribution < 1.29 is 38.1 Å². The van der Waals surface area contributed by atoms with Crippen LogP contribution in [0.3, 0.4) is 0 Å². The summed E-state index contributed by atoms with van der Waals surface area (Å²) in [7, 11) is 0. The van der Waals surface area contributed by atoms with Crippen LogP contribution >= 0.6 is 0 Å². The van der Waals surface area contributed by atoms with Crippen LogP contribution in [0.2, 0.25) is 0 Å². The van der Waals surface area contributed by atoms with Crippen molar-refractivity contribution in [1.82, 2.24) is 25.2 Å². The number of nitrogens with one attached hydrogen (secondary N) is 1. The number of phenols is 1. The summed E-state index contributed by atoms with van der Waals surface area (Å²) in [5.74, 6) is -0.470. The Balaban J connectivity index is 0.923. The minimum atomic E-state index is -0.968. The number of benzene rings is 3. The number of piperidine rings is 3. The fourth-order valence-electron chi connectivity index (χ4n) is 9.36. The number of aromatic nitrogens is 3. The highest BCUT2D eigenvalue weighted by Gasteiger charge is 2.45. The first-order valence-corrected chi connectivity index (χ1v) is 21.1. The number of pyridine rings is 1. The highest BCUT2D eigenvalue weighted by Crippen LogP contribution is 2.48. The number of β-amino-alcohol motifs (C(OH)–C–C–N with tert-alkyl or cyclic N) is 1. The predicted octanol–water partition coefficient (Wildman–Crippen LogP) is 6.97. The predicted molar refractivity (Wildman–Crippen MR) is 222 cm³/mol. The number of carbonyl (C=O) groups is 2. The smallest absolute Gasteiger partial charge is 0.319 e. The number of imide groups is 1. The van der Waals surface area contributed by atoms with Gasteiger partial charge >= 0.3 is 6.01 Å². The number of amides is 2. The number of ether oxygens (including phenoxy) is 2. The zero-order valence-electron chi connectivity index (χ0n) is 34.0. The standard InChI is InChI=1S/C46H50F2N6O6/c1-3-32-35(47)10-7-29-21-30(55)22-33(38(29)32)40-39(48)41-34(23-49-40)42(54-18-4-15-45(2,58)24-54)52-44(51-41)59-26-46(16-17-46)25-53-19-13-28(14-20-53)27-5-8-31(9-6-27)60-36-11-12-37(56)50-43(36)57/h5-10,21-23,28,36,55,58H,3-4,11-20,24-26H2,1-2H3,(H,50,56,57)/t36?,45-/m1/s1. The van der Waals surface area contributed by atoms with Crippen LogP contribution in [0.25, 0.3) is 32.9 Å². The lowest BCUT2D eigenvalue weighted by Gasteiger charge is -2.38. The average Bonchev–Trinajstić information content (AvgIpc) is 4.00. The van der Waals surface area contributed by atoms with Crippen LogP contribution in [0, 0.1) is 17.0 Å². The van der Waals surface area contributed by atoms with Crippen molar-refractivity contribution >= 4 is 39.3 Å². The maximum absolute atomic E-state index is 17.0. The summed E-state index contributed by atoms with van der Waals surface area (Å²) >= 11 is 0. The van der Waals surface area contributed by atoms with Gasteiger partial charge in [-0.2, -0.15) is 9.97 Å². The molecule has 0 radical (unpaired) electrons. The Morgan fingerprint density at radius 3 is 2.48 bits per heavy atom. The van der Waals surface area contributed by atoms with Gasteiger partial charge in [-0.25, -0.2) is 8.78 Å². The van der Waals surface area contributed by atoms with Gasteiger partial charge in [-0.15, -0.1) is 0 Å². The van der Waals surface area contributed by atoms with Gasteiger partial charge in [0.05, 0.1) is 17.6 Å². The quantitative estimate of drug-likeness (QED) is 0.119. The van der Waals surface area contributed by atoms with E-state index in [1.165, 1.54) is 30.0 Å². The van der Waals surface area contributed by atoms with E-state index in [1.807, 2.05) is 24.0 Å². The molecule has 2 atom stereocenters. The zero-order valence-corrected chi connectivity index (χ0v) is 34.0. The number of halogens is 2. The third-order valence-electron chi connectivity index (χ3n) is 12.8. The largest absolute Gasteiger partial charge is 0.508 e. The molecule has 1 unspecified atom stereocenters. The Bertz CT molecular complexity index is 2470. The molecule has 12 nitrogen and oxygen atoms in total. The summed E-state index contributed by atoms with van der Waals surface area (Å²) in [5, 5.41) is 25.5. The SMILES string of the molecule is CCc1c(F)ccc2cc(O)cc(-c3ncc4c(N5CCC[C@@](C)(O)C5)nc(OCC5(CN6CCC(c7ccc(OC8CCC(=O)NC8=O)cc7)CC6)CC5)nc4c3F)c12. The van der Waals surface area contributed by atoms with E-state index < -0.39 is 29.2 Å². The van der Waals surface area contributed by atoms with Crippen molar-refractivity contribution in [3.63, 3.8) is 0 Å². The molecule has 1 aliphatic carbocycles. The molecule has 14 heteroatoms. The van der Waals surface area contributed by atoms with Gasteiger partial charge in [0.25, 0.3) is 5.91 Å². The molecule has 2 amide bonds. The van der Waals surface area contributed by atoms with Crippen molar-refractivity contribution in [3.05, 3.63) is 77.5 Å². The third kappa shape index (κ3) is 8.06. The molecule has 1 saturated carbocycles. The number of likely N-dealkylation sites (tertiary alicyclic amines) is 1. The molecule has 3 aliphatic heterocycles. The van der Waals surface area contributed by atoms with E-state index in [0.29, 0.717) is 84.6 Å². The Hall–Kier alpha value is -5.47. The Labute approximate surface area is 346 Å². The highest BCUT2D eigenvalue weighted by molar-refractivity contribution is 6.02. The van der Waals surface area contributed by atoms with E-state index in [0.717, 1.165) is 45.3 Å². The van der Waals surface area contributed by atoms with E-state index in [-0.39, 0.29) is 46.3 Å². The maximum Gasteiger partial charge on any atom is 0.319 e. The van der Waals surface area contributed by atoms with Crippen molar-refractivity contribution in [3.8, 4) is 28.8 Å². The third-order valence-corrected chi connectivity index (χ3v) is 12.8. The zero-order chi connectivity index (χ0) is 41.8. The van der Waals surface area contributed by atoms with Crippen LogP contribution in [0.15, 0.2) is 54.7 Å². The van der Waals surface area contributed by atoms with Crippen molar-refractivity contribution in [2.24, 2.45) is 5.41 Å². The molecule has 4 fully saturated rings. The van der Waals surface area contributed by atoms with Crippen LogP contribution in [0.1, 0.15) is 82.3 Å². The first kappa shape index (κ1) is 40.0. The monoisotopic (exact) mass is 820 g/mol. The minimum absolute atomic E-state index is 0.00125. The number of hydrogen-bond acceptors (Lipinski definition) is 11. The Morgan fingerprint density at radius 2 is 1.77 bits per heavy atom. The fraction of sp³-hybridized carbons (Fsp3) is 0.457. The minimum Gasteiger partial charge on any atom is -0.508 e. The molecule has 3 N–H and O–H groups in total. The summed E-state index contributed by atoms with van der Waals surface area (Å²) in [6.07, 6.45) is 7.16. The number of anilines is 1. The molecule has 3 aromatic carbocycles. The number of aromatic hydroxyl groups is 1. The number of aryl methyl sites for hydroxylation is 1. The van der Waals surface area contributed by atoms with Gasteiger partial charge < -0.3 is 29.5 Å². The van der Waals surface area contributed by atoms with Gasteiger partial charge in [-0.1, -0.05) is 25.1 Å². The van der Waals surface area contributed by atoms with Crippen LogP contribution < -0.4 is 19.7 Å². The Kier molecular flexibility index (Phi) is 10.6. The summed E-state index contributed by atoms with van der Waals surface area (Å²) < 4.78 is 44.4. The van der Waals surface area contributed by atoms with Crippen LogP contribution in [-0.2, 0) is 16.0 Å². The van der Waals surface area contributed by atoms with Gasteiger partial charge in [-0.05, 0) is 123 Å². The first-order chi connectivity index (χ1) is 28.9. The van der Waals surface area contributed by atoms with Crippen molar-refractivity contribution in [1.29, 1.82) is 0 Å². The summed E-state index contributed by atoms with van der Waals surface area (Å²) in [4.78, 5) is 42.1. The van der Waals surface area contributed by atoms with E-state index in [2.05, 4.69) is 32.3 Å². The molecule has 2 aromatic heterocycles. The number of nitrogens with zero attached hydrogens (tertiary/aromatic N) is 5. The highest BCUT2D eigenvalue weighted by atomic mass is 19.1. The number of hydrogen-bond donors (Lipinski definition) is 3. The van der Waals surface area contributed by atoms with E-state index in [9.17, 15) is 19.8 Å². The van der Waals surface area contributed by atoms with Crippen LogP contribution in [0.5, 0.6) is 17.5 Å². The first-order valence-electron chi connectivity index (χ1n) is 21.1. The summed E-state index contributed by atoms with van der Waals surface area (Å²) in [6.45, 7) is 7.58. The summed E-state index contributed by atoms with van der Waals surface area (Å²) in [5.41, 5.74) is 0.777. The maximum atomic E-state index is 17.0. The van der Waals surface area contributed by atoms with Crippen molar-refractivity contribution in [2.45, 2.75) is 89.3 Å².